The number of pyridine rings is 1. The summed E-state index contributed by atoms with van der Waals surface area (Å²) >= 11 is 0. The number of nitrogens with zero attached hydrogens (tertiary/aromatic N) is 3. The zero-order chi connectivity index (χ0) is 21.3. The summed E-state index contributed by atoms with van der Waals surface area (Å²) in [4.78, 5) is 33.7. The zero-order valence-electron chi connectivity index (χ0n) is 16.9. The van der Waals surface area contributed by atoms with E-state index < -0.39 is 5.97 Å². The molecular formula is C22H23N3O5. The van der Waals surface area contributed by atoms with Gasteiger partial charge in [0.05, 0.1) is 17.4 Å². The fourth-order valence-electron chi connectivity index (χ4n) is 3.56. The highest BCUT2D eigenvalue weighted by molar-refractivity contribution is 5.87. The Balaban J connectivity index is 1.48. The van der Waals surface area contributed by atoms with Gasteiger partial charge in [0.25, 0.3) is 0 Å². The molecule has 0 aliphatic carbocycles. The Morgan fingerprint density at radius 1 is 1.20 bits per heavy atom. The average Bonchev–Trinajstić information content (AvgIpc) is 3.17. The molecule has 3 heterocycles. The van der Waals surface area contributed by atoms with Crippen LogP contribution in [0.5, 0.6) is 0 Å². The minimum Gasteiger partial charge on any atom is -0.478 e. The molecule has 1 aromatic carbocycles. The minimum absolute atomic E-state index is 0.128. The van der Waals surface area contributed by atoms with E-state index in [-0.39, 0.29) is 23.7 Å². The van der Waals surface area contributed by atoms with Gasteiger partial charge in [-0.05, 0) is 57.0 Å². The molecule has 8 nitrogen and oxygen atoms in total. The van der Waals surface area contributed by atoms with Crippen molar-refractivity contribution in [2.45, 2.75) is 38.7 Å². The lowest BCUT2D eigenvalue weighted by Crippen LogP contribution is -2.39. The molecule has 1 aliphatic heterocycles. The van der Waals surface area contributed by atoms with Gasteiger partial charge in [-0.25, -0.2) is 14.6 Å². The Bertz CT molecular complexity index is 1070. The van der Waals surface area contributed by atoms with Gasteiger partial charge in [-0.3, -0.25) is 4.98 Å². The zero-order valence-corrected chi connectivity index (χ0v) is 16.9. The number of hydrogen-bond donors (Lipinski definition) is 1. The lowest BCUT2D eigenvalue weighted by molar-refractivity contribution is 0.0677. The van der Waals surface area contributed by atoms with Gasteiger partial charge in [0, 0.05) is 30.8 Å². The average molecular weight is 409 g/mol. The normalized spacial score (nSPS) is 15.0. The number of aromatic nitrogens is 2. The van der Waals surface area contributed by atoms with Crippen molar-refractivity contribution in [3.63, 3.8) is 0 Å². The van der Waals surface area contributed by atoms with Crippen LogP contribution in [0, 0.1) is 0 Å². The van der Waals surface area contributed by atoms with Crippen LogP contribution in [-0.2, 0) is 4.74 Å². The highest BCUT2D eigenvalue weighted by Crippen LogP contribution is 2.31. The topological polar surface area (TPSA) is 106 Å². The molecule has 1 saturated heterocycles. The number of carbonyl (C=O) groups excluding carboxylic acids is 1. The first-order valence-corrected chi connectivity index (χ1v) is 9.96. The third-order valence-electron chi connectivity index (χ3n) is 5.15. The van der Waals surface area contributed by atoms with Crippen LogP contribution in [0.1, 0.15) is 48.9 Å². The molecule has 0 bridgehead atoms. The number of ether oxygens (including phenoxy) is 1. The van der Waals surface area contributed by atoms with Crippen LogP contribution in [-0.4, -0.2) is 51.2 Å². The standard InChI is InChI=1S/C22H23N3O5/c1-13(2)29-22(28)25-9-7-14(8-10-25)20-24-18-11-15(4-6-19(18)30-20)17-5-3-16(12-23-17)21(26)27/h3-6,11-14H,7-10H2,1-2H3,(H,26,27). The Morgan fingerprint density at radius 2 is 1.97 bits per heavy atom. The number of benzene rings is 1. The number of carbonyl (C=O) groups is 2. The van der Waals surface area contributed by atoms with Crippen molar-refractivity contribution in [3.05, 3.63) is 48.0 Å². The molecule has 2 aromatic heterocycles. The molecule has 30 heavy (non-hydrogen) atoms. The molecule has 1 aliphatic rings. The van der Waals surface area contributed by atoms with Gasteiger partial charge in [-0.15, -0.1) is 0 Å². The molecule has 0 atom stereocenters. The number of fused-ring (bicyclic) bond motifs is 1. The molecule has 4 rings (SSSR count). The first kappa shape index (κ1) is 19.9. The Kier molecular flexibility index (Phi) is 5.39. The largest absolute Gasteiger partial charge is 0.478 e. The molecule has 1 N–H and O–H groups in total. The van der Waals surface area contributed by atoms with E-state index in [0.717, 1.165) is 23.9 Å². The second kappa shape index (κ2) is 8.14. The fraction of sp³-hybridized carbons (Fsp3) is 0.364. The van der Waals surface area contributed by atoms with Gasteiger partial charge >= 0.3 is 12.1 Å². The Hall–Kier alpha value is -3.42. The highest BCUT2D eigenvalue weighted by atomic mass is 16.6. The van der Waals surface area contributed by atoms with Crippen molar-refractivity contribution in [3.8, 4) is 11.3 Å². The third-order valence-corrected chi connectivity index (χ3v) is 5.15. The smallest absolute Gasteiger partial charge is 0.410 e. The van der Waals surface area contributed by atoms with Crippen molar-refractivity contribution in [2.24, 2.45) is 0 Å². The highest BCUT2D eigenvalue weighted by Gasteiger charge is 2.28. The van der Waals surface area contributed by atoms with Crippen LogP contribution in [0.4, 0.5) is 4.79 Å². The lowest BCUT2D eigenvalue weighted by atomic mass is 9.97. The van der Waals surface area contributed by atoms with E-state index in [0.29, 0.717) is 30.3 Å². The maximum Gasteiger partial charge on any atom is 0.410 e. The van der Waals surface area contributed by atoms with Gasteiger partial charge in [0.1, 0.15) is 5.52 Å². The van der Waals surface area contributed by atoms with Crippen LogP contribution in [0.15, 0.2) is 40.9 Å². The fourth-order valence-corrected chi connectivity index (χ4v) is 3.56. The van der Waals surface area contributed by atoms with E-state index in [4.69, 9.17) is 14.3 Å². The minimum atomic E-state index is -1.01. The number of carboxylic acid groups (broad SMARTS) is 1. The van der Waals surface area contributed by atoms with E-state index in [9.17, 15) is 9.59 Å². The van der Waals surface area contributed by atoms with Crippen LogP contribution in [0.2, 0.25) is 0 Å². The van der Waals surface area contributed by atoms with Gasteiger partial charge < -0.3 is 19.2 Å². The Labute approximate surface area is 173 Å². The van der Waals surface area contributed by atoms with Crippen molar-refractivity contribution < 1.29 is 23.8 Å². The molecule has 0 saturated carbocycles. The van der Waals surface area contributed by atoms with Crippen molar-refractivity contribution in [1.29, 1.82) is 0 Å². The summed E-state index contributed by atoms with van der Waals surface area (Å²) in [5.41, 5.74) is 3.08. The van der Waals surface area contributed by atoms with Crippen LogP contribution >= 0.6 is 0 Å². The van der Waals surface area contributed by atoms with Crippen LogP contribution in [0.3, 0.4) is 0 Å². The van der Waals surface area contributed by atoms with Gasteiger partial charge in [-0.2, -0.15) is 0 Å². The molecule has 0 spiro atoms. The third kappa shape index (κ3) is 4.12. The number of rotatable bonds is 4. The molecule has 156 valence electrons. The second-order valence-corrected chi connectivity index (χ2v) is 7.67. The summed E-state index contributed by atoms with van der Waals surface area (Å²) in [6, 6.07) is 8.83. The monoisotopic (exact) mass is 409 g/mol. The summed E-state index contributed by atoms with van der Waals surface area (Å²) in [7, 11) is 0. The van der Waals surface area contributed by atoms with E-state index in [1.54, 1.807) is 11.0 Å². The lowest BCUT2D eigenvalue weighted by Gasteiger charge is -2.30. The molecule has 1 amide bonds. The van der Waals surface area contributed by atoms with Crippen molar-refractivity contribution in [1.82, 2.24) is 14.9 Å². The molecule has 0 radical (unpaired) electrons. The van der Waals surface area contributed by atoms with E-state index in [2.05, 4.69) is 9.97 Å². The number of aromatic carboxylic acids is 1. The van der Waals surface area contributed by atoms with Gasteiger partial charge in [0.15, 0.2) is 11.5 Å². The SMILES string of the molecule is CC(C)OC(=O)N1CCC(c2nc3cc(-c4ccc(C(=O)O)cn4)ccc3o2)CC1. The van der Waals surface area contributed by atoms with Crippen molar-refractivity contribution in [2.75, 3.05) is 13.1 Å². The maximum atomic E-state index is 12.0. The number of carboxylic acids is 1. The van der Waals surface area contributed by atoms with E-state index in [1.807, 2.05) is 32.0 Å². The summed E-state index contributed by atoms with van der Waals surface area (Å²) in [6.45, 7) is 4.90. The van der Waals surface area contributed by atoms with Crippen LogP contribution in [0.25, 0.3) is 22.4 Å². The van der Waals surface area contributed by atoms with Gasteiger partial charge in [0.2, 0.25) is 0 Å². The number of likely N-dealkylation sites (tertiary alicyclic amines) is 1. The number of piperidine rings is 1. The van der Waals surface area contributed by atoms with Gasteiger partial charge in [-0.1, -0.05) is 0 Å². The maximum absolute atomic E-state index is 12.0. The number of amides is 1. The van der Waals surface area contributed by atoms with E-state index in [1.165, 1.54) is 12.3 Å². The van der Waals surface area contributed by atoms with Crippen molar-refractivity contribution >= 4 is 23.2 Å². The molecule has 3 aromatic rings. The molecular weight excluding hydrogens is 386 g/mol. The summed E-state index contributed by atoms with van der Waals surface area (Å²) in [5.74, 6) is -0.181. The van der Waals surface area contributed by atoms with Crippen LogP contribution < -0.4 is 0 Å². The Morgan fingerprint density at radius 3 is 2.60 bits per heavy atom. The molecule has 8 heteroatoms. The first-order chi connectivity index (χ1) is 14.4. The van der Waals surface area contributed by atoms with E-state index >= 15 is 0 Å². The number of oxazole rings is 1. The predicted molar refractivity (Wildman–Crippen MR) is 109 cm³/mol. The summed E-state index contributed by atoms with van der Waals surface area (Å²) < 4.78 is 11.2. The second-order valence-electron chi connectivity index (χ2n) is 7.67. The summed E-state index contributed by atoms with van der Waals surface area (Å²) in [5, 5.41) is 9.01. The molecule has 1 fully saturated rings. The number of hydrogen-bond acceptors (Lipinski definition) is 6. The summed E-state index contributed by atoms with van der Waals surface area (Å²) in [6.07, 6.45) is 2.48. The first-order valence-electron chi connectivity index (χ1n) is 9.96. The molecule has 0 unspecified atom stereocenters. The quantitative estimate of drug-likeness (QED) is 0.684. The predicted octanol–water partition coefficient (Wildman–Crippen LogP) is 4.31.